The average molecular weight is 288 g/mol. The molecule has 0 unspecified atom stereocenters. The summed E-state index contributed by atoms with van der Waals surface area (Å²) in [7, 11) is 0. The summed E-state index contributed by atoms with van der Waals surface area (Å²) >= 11 is 0. The number of nitrogens with zero attached hydrogens (tertiary/aromatic N) is 1. The third-order valence-corrected chi connectivity index (χ3v) is 2.69. The molecule has 6 nitrogen and oxygen atoms in total. The molecule has 1 amide bonds. The topological polar surface area (TPSA) is 77.5 Å². The molecule has 0 radical (unpaired) electrons. The summed E-state index contributed by atoms with van der Waals surface area (Å²) in [5, 5.41) is 3.36. The largest absolute Gasteiger partial charge is 0.481 e. The lowest BCUT2D eigenvalue weighted by molar-refractivity contribution is -0.143. The Hall–Kier alpha value is -2.63. The van der Waals surface area contributed by atoms with Crippen LogP contribution in [0.5, 0.6) is 5.75 Å². The van der Waals surface area contributed by atoms with E-state index in [1.807, 2.05) is 24.3 Å². The molecular weight excluding hydrogens is 272 g/mol. The lowest BCUT2D eigenvalue weighted by Gasteiger charge is -2.09. The molecule has 1 aromatic heterocycles. The van der Waals surface area contributed by atoms with Gasteiger partial charge in [-0.1, -0.05) is 18.2 Å². The fraction of sp³-hybridized carbons (Fsp3) is 0.267. The van der Waals surface area contributed by atoms with Crippen LogP contribution in [0.15, 0.2) is 36.5 Å². The molecule has 0 fully saturated rings. The minimum absolute atomic E-state index is 0.163. The highest BCUT2D eigenvalue weighted by molar-refractivity contribution is 5.85. The average Bonchev–Trinajstić information content (AvgIpc) is 2.51. The Labute approximate surface area is 122 Å². The van der Waals surface area contributed by atoms with Gasteiger partial charge in [0.25, 0.3) is 5.91 Å². The van der Waals surface area contributed by atoms with Crippen LogP contribution < -0.4 is 10.1 Å². The zero-order chi connectivity index (χ0) is 15.1. The van der Waals surface area contributed by atoms with Gasteiger partial charge in [-0.25, -0.2) is 0 Å². The van der Waals surface area contributed by atoms with Crippen LogP contribution >= 0.6 is 0 Å². The highest BCUT2D eigenvalue weighted by Gasteiger charge is 2.08. The summed E-state index contributed by atoms with van der Waals surface area (Å²) in [5.41, 5.74) is 0.693. The molecule has 2 aromatic rings. The number of benzene rings is 1. The molecule has 0 aliphatic rings. The van der Waals surface area contributed by atoms with Crippen molar-refractivity contribution in [3.05, 3.63) is 36.5 Å². The van der Waals surface area contributed by atoms with Crippen molar-refractivity contribution >= 4 is 22.8 Å². The van der Waals surface area contributed by atoms with Gasteiger partial charge >= 0.3 is 5.97 Å². The first-order valence-corrected chi connectivity index (χ1v) is 6.59. The second-order valence-corrected chi connectivity index (χ2v) is 4.20. The van der Waals surface area contributed by atoms with Gasteiger partial charge in [-0.15, -0.1) is 0 Å². The van der Waals surface area contributed by atoms with E-state index in [1.165, 1.54) is 0 Å². The molecule has 21 heavy (non-hydrogen) atoms. The monoisotopic (exact) mass is 288 g/mol. The number of esters is 1. The molecule has 1 heterocycles. The van der Waals surface area contributed by atoms with Crippen LogP contribution in [0.4, 0.5) is 0 Å². The number of carbonyl (C=O) groups excluding carboxylic acids is 2. The van der Waals surface area contributed by atoms with Gasteiger partial charge < -0.3 is 14.8 Å². The normalized spacial score (nSPS) is 10.1. The van der Waals surface area contributed by atoms with Crippen molar-refractivity contribution in [3.8, 4) is 5.75 Å². The summed E-state index contributed by atoms with van der Waals surface area (Å²) in [6.45, 7) is 1.64. The smallest absolute Gasteiger partial charge is 0.325 e. The molecule has 0 aliphatic carbocycles. The third-order valence-electron chi connectivity index (χ3n) is 2.69. The maximum Gasteiger partial charge on any atom is 0.325 e. The third kappa shape index (κ3) is 4.17. The van der Waals surface area contributed by atoms with Gasteiger partial charge in [-0.3, -0.25) is 14.6 Å². The van der Waals surface area contributed by atoms with E-state index in [0.29, 0.717) is 11.3 Å². The Balaban J connectivity index is 1.90. The van der Waals surface area contributed by atoms with E-state index in [4.69, 9.17) is 9.47 Å². The Morgan fingerprint density at radius 2 is 2.05 bits per heavy atom. The number of hydrogen-bond donors (Lipinski definition) is 1. The van der Waals surface area contributed by atoms with Gasteiger partial charge in [0.15, 0.2) is 6.61 Å². The van der Waals surface area contributed by atoms with Gasteiger partial charge in [0.05, 0.1) is 6.61 Å². The van der Waals surface area contributed by atoms with E-state index >= 15 is 0 Å². The summed E-state index contributed by atoms with van der Waals surface area (Å²) in [6, 6.07) is 9.23. The molecule has 0 atom stereocenters. The molecule has 2 rings (SSSR count). The van der Waals surface area contributed by atoms with Crippen LogP contribution in [0.3, 0.4) is 0 Å². The van der Waals surface area contributed by atoms with Gasteiger partial charge in [0.2, 0.25) is 0 Å². The van der Waals surface area contributed by atoms with E-state index in [9.17, 15) is 9.59 Å². The first-order chi connectivity index (χ1) is 10.2. The highest BCUT2D eigenvalue weighted by atomic mass is 16.5. The summed E-state index contributed by atoms with van der Waals surface area (Å²) in [5.74, 6) is -0.340. The number of para-hydroxylation sites is 1. The lowest BCUT2D eigenvalue weighted by atomic mass is 10.2. The van der Waals surface area contributed by atoms with Crippen LogP contribution in [0.25, 0.3) is 10.9 Å². The molecule has 0 saturated heterocycles. The fourth-order valence-electron chi connectivity index (χ4n) is 1.77. The minimum Gasteiger partial charge on any atom is -0.481 e. The van der Waals surface area contributed by atoms with Crippen LogP contribution in [-0.2, 0) is 14.3 Å². The summed E-state index contributed by atoms with van der Waals surface area (Å²) in [6.07, 6.45) is 1.66. The molecule has 1 N–H and O–H groups in total. The number of amides is 1. The number of carbonyl (C=O) groups is 2. The predicted molar refractivity (Wildman–Crippen MR) is 76.9 cm³/mol. The number of ether oxygens (including phenoxy) is 2. The standard InChI is InChI=1S/C15H16N2O4/c1-2-20-14(19)9-17-13(18)10-21-12-7-3-5-11-6-4-8-16-15(11)12/h3-8H,2,9-10H2,1H3,(H,17,18). The van der Waals surface area contributed by atoms with Crippen molar-refractivity contribution in [2.45, 2.75) is 6.92 Å². The number of pyridine rings is 1. The number of fused-ring (bicyclic) bond motifs is 1. The fourth-order valence-corrected chi connectivity index (χ4v) is 1.77. The number of nitrogens with one attached hydrogen (secondary N) is 1. The van der Waals surface area contributed by atoms with E-state index in [2.05, 4.69) is 10.3 Å². The van der Waals surface area contributed by atoms with Crippen LogP contribution in [0, 0.1) is 0 Å². The Morgan fingerprint density at radius 3 is 2.86 bits per heavy atom. The molecule has 0 bridgehead atoms. The number of hydrogen-bond acceptors (Lipinski definition) is 5. The number of rotatable bonds is 6. The Morgan fingerprint density at radius 1 is 1.24 bits per heavy atom. The van der Waals surface area contributed by atoms with E-state index in [-0.39, 0.29) is 19.8 Å². The SMILES string of the molecule is CCOC(=O)CNC(=O)COc1cccc2cccnc12. The van der Waals surface area contributed by atoms with Crippen molar-refractivity contribution in [2.24, 2.45) is 0 Å². The first-order valence-electron chi connectivity index (χ1n) is 6.59. The summed E-state index contributed by atoms with van der Waals surface area (Å²) < 4.78 is 10.2. The molecule has 0 aliphatic heterocycles. The van der Waals surface area contributed by atoms with Crippen molar-refractivity contribution in [1.82, 2.24) is 10.3 Å². The zero-order valence-electron chi connectivity index (χ0n) is 11.7. The summed E-state index contributed by atoms with van der Waals surface area (Å²) in [4.78, 5) is 26.9. The minimum atomic E-state index is -0.474. The zero-order valence-corrected chi connectivity index (χ0v) is 11.7. The van der Waals surface area contributed by atoms with Crippen LogP contribution in [-0.4, -0.2) is 36.6 Å². The van der Waals surface area contributed by atoms with Crippen LogP contribution in [0.2, 0.25) is 0 Å². The van der Waals surface area contributed by atoms with Gasteiger partial charge in [0, 0.05) is 11.6 Å². The van der Waals surface area contributed by atoms with Gasteiger partial charge in [-0.05, 0) is 19.1 Å². The quantitative estimate of drug-likeness (QED) is 0.810. The molecule has 1 aromatic carbocycles. The van der Waals surface area contributed by atoms with Gasteiger partial charge in [-0.2, -0.15) is 0 Å². The van der Waals surface area contributed by atoms with Crippen molar-refractivity contribution < 1.29 is 19.1 Å². The second-order valence-electron chi connectivity index (χ2n) is 4.20. The lowest BCUT2D eigenvalue weighted by Crippen LogP contribution is -2.34. The Kier molecular flexibility index (Phi) is 5.09. The van der Waals surface area contributed by atoms with Crippen molar-refractivity contribution in [2.75, 3.05) is 19.8 Å². The predicted octanol–water partition coefficient (Wildman–Crippen LogP) is 1.29. The maximum absolute atomic E-state index is 11.6. The van der Waals surface area contributed by atoms with Gasteiger partial charge in [0.1, 0.15) is 17.8 Å². The number of aromatic nitrogens is 1. The second kappa shape index (κ2) is 7.23. The molecular formula is C15H16N2O4. The molecule has 6 heteroatoms. The molecule has 0 spiro atoms. The van der Waals surface area contributed by atoms with E-state index in [0.717, 1.165) is 5.39 Å². The molecule has 0 saturated carbocycles. The molecule has 110 valence electrons. The van der Waals surface area contributed by atoms with Crippen LogP contribution in [0.1, 0.15) is 6.92 Å². The van der Waals surface area contributed by atoms with E-state index in [1.54, 1.807) is 19.2 Å². The van der Waals surface area contributed by atoms with E-state index < -0.39 is 11.9 Å². The van der Waals surface area contributed by atoms with Crippen molar-refractivity contribution in [1.29, 1.82) is 0 Å². The maximum atomic E-state index is 11.6. The van der Waals surface area contributed by atoms with Crippen molar-refractivity contribution in [3.63, 3.8) is 0 Å². The Bertz CT molecular complexity index is 637. The highest BCUT2D eigenvalue weighted by Crippen LogP contribution is 2.22. The first kappa shape index (κ1) is 14.8.